The Bertz CT molecular complexity index is 1190. The molecule has 9 nitrogen and oxygen atoms in total. The summed E-state index contributed by atoms with van der Waals surface area (Å²) in [6, 6.07) is 13.5. The Morgan fingerprint density at radius 3 is 2.08 bits per heavy atom. The molecule has 4 atom stereocenters. The number of phenolic OH excluding ortho intramolecular Hbond substituents is 1. The summed E-state index contributed by atoms with van der Waals surface area (Å²) in [6.45, 7) is 0.908. The van der Waals surface area contributed by atoms with Crippen LogP contribution in [0.5, 0.6) is 5.75 Å². The third-order valence-corrected chi connectivity index (χ3v) is 7.77. The lowest BCUT2D eigenvalue weighted by Crippen LogP contribution is -2.56. The van der Waals surface area contributed by atoms with Gasteiger partial charge in [0, 0.05) is 32.0 Å². The Morgan fingerprint density at radius 1 is 0.737 bits per heavy atom. The minimum Gasteiger partial charge on any atom is -0.508 e. The maximum Gasteiger partial charge on any atom is 0.246 e. The standard InChI is InChI=1S/C29H34N4O5/c34-22-12-10-20(11-13-22)17-23-28(37)33-15-5-9-25(33)29(38)32-14-4-8-24(32)27(36)30-21(18-26(35)31-23)16-19-6-2-1-3-7-19/h1-3,6-7,10-13,21,23-25,34H,4-5,8-9,14-18H2,(H,30,36)(H,31,35)/t21?,23-,24-,25-/m0/s1. The van der Waals surface area contributed by atoms with Crippen LogP contribution in [0.2, 0.25) is 0 Å². The molecule has 4 amide bonds. The molecule has 2 aromatic carbocycles. The van der Waals surface area contributed by atoms with E-state index in [0.29, 0.717) is 38.8 Å². The maximum absolute atomic E-state index is 13.8. The van der Waals surface area contributed by atoms with Gasteiger partial charge < -0.3 is 25.5 Å². The van der Waals surface area contributed by atoms with E-state index in [1.807, 2.05) is 30.3 Å². The Morgan fingerprint density at radius 2 is 1.37 bits per heavy atom. The van der Waals surface area contributed by atoms with Crippen LogP contribution in [0.3, 0.4) is 0 Å². The van der Waals surface area contributed by atoms with Crippen LogP contribution in [0.25, 0.3) is 0 Å². The number of fused-ring (bicyclic) bond motifs is 2. The number of nitrogens with one attached hydrogen (secondary N) is 2. The highest BCUT2D eigenvalue weighted by Gasteiger charge is 2.44. The topological polar surface area (TPSA) is 119 Å². The molecule has 2 aromatic rings. The van der Waals surface area contributed by atoms with Crippen LogP contribution in [0.4, 0.5) is 0 Å². The van der Waals surface area contributed by atoms with E-state index >= 15 is 0 Å². The second-order valence-corrected chi connectivity index (χ2v) is 10.5. The van der Waals surface area contributed by atoms with E-state index in [1.165, 1.54) is 0 Å². The number of hydrogen-bond donors (Lipinski definition) is 3. The third kappa shape index (κ3) is 5.66. The van der Waals surface area contributed by atoms with E-state index < -0.39 is 24.2 Å². The first kappa shape index (κ1) is 25.8. The van der Waals surface area contributed by atoms with Crippen LogP contribution in [0, 0.1) is 0 Å². The minimum absolute atomic E-state index is 0.00405. The average molecular weight is 519 g/mol. The smallest absolute Gasteiger partial charge is 0.246 e. The normalized spacial score (nSPS) is 26.5. The first-order chi connectivity index (χ1) is 18.4. The van der Waals surface area contributed by atoms with Gasteiger partial charge in [0.05, 0.1) is 0 Å². The zero-order chi connectivity index (χ0) is 26.6. The summed E-state index contributed by atoms with van der Waals surface area (Å²) < 4.78 is 0. The fraction of sp³-hybridized carbons (Fsp3) is 0.448. The fourth-order valence-corrected chi connectivity index (χ4v) is 5.90. The first-order valence-electron chi connectivity index (χ1n) is 13.4. The van der Waals surface area contributed by atoms with Crippen LogP contribution >= 0.6 is 0 Å². The van der Waals surface area contributed by atoms with Crippen LogP contribution in [-0.2, 0) is 32.0 Å². The molecule has 0 aliphatic carbocycles. The van der Waals surface area contributed by atoms with Crippen molar-refractivity contribution in [3.63, 3.8) is 0 Å². The van der Waals surface area contributed by atoms with Crippen LogP contribution < -0.4 is 10.6 Å². The van der Waals surface area contributed by atoms with Gasteiger partial charge in [-0.05, 0) is 55.4 Å². The fourth-order valence-electron chi connectivity index (χ4n) is 5.90. The molecule has 38 heavy (non-hydrogen) atoms. The van der Waals surface area contributed by atoms with Gasteiger partial charge >= 0.3 is 0 Å². The van der Waals surface area contributed by atoms with Crippen LogP contribution in [0.15, 0.2) is 54.6 Å². The number of phenols is 1. The van der Waals surface area contributed by atoms with E-state index in [4.69, 9.17) is 0 Å². The lowest BCUT2D eigenvalue weighted by Gasteiger charge is -2.32. The van der Waals surface area contributed by atoms with Crippen molar-refractivity contribution >= 4 is 23.6 Å². The summed E-state index contributed by atoms with van der Waals surface area (Å²) in [5.74, 6) is -0.963. The number of carbonyl (C=O) groups is 4. The van der Waals surface area contributed by atoms with Gasteiger partial charge in [-0.15, -0.1) is 0 Å². The highest BCUT2D eigenvalue weighted by Crippen LogP contribution is 2.27. The van der Waals surface area contributed by atoms with Gasteiger partial charge in [0.15, 0.2) is 0 Å². The zero-order valence-electron chi connectivity index (χ0n) is 21.3. The van der Waals surface area contributed by atoms with Crippen molar-refractivity contribution in [2.45, 2.75) is 69.1 Å². The second kappa shape index (κ2) is 11.2. The molecule has 3 aliphatic rings. The molecule has 3 saturated heterocycles. The van der Waals surface area contributed by atoms with Crippen molar-refractivity contribution in [1.29, 1.82) is 0 Å². The van der Waals surface area contributed by atoms with Gasteiger partial charge in [-0.1, -0.05) is 42.5 Å². The van der Waals surface area contributed by atoms with Crippen LogP contribution in [-0.4, -0.2) is 75.8 Å². The summed E-state index contributed by atoms with van der Waals surface area (Å²) in [6.07, 6.45) is 3.18. The molecule has 0 aromatic heterocycles. The van der Waals surface area contributed by atoms with Gasteiger partial charge in [0.25, 0.3) is 0 Å². The minimum atomic E-state index is -0.872. The van der Waals surface area contributed by atoms with Crippen molar-refractivity contribution in [2.24, 2.45) is 0 Å². The number of carbonyl (C=O) groups excluding carboxylic acids is 4. The quantitative estimate of drug-likeness (QED) is 0.567. The molecule has 9 heteroatoms. The monoisotopic (exact) mass is 518 g/mol. The van der Waals surface area contributed by atoms with Crippen molar-refractivity contribution in [2.75, 3.05) is 13.1 Å². The van der Waals surface area contributed by atoms with E-state index in [-0.39, 0.29) is 42.2 Å². The summed E-state index contributed by atoms with van der Waals surface area (Å²) in [4.78, 5) is 57.5. The summed E-state index contributed by atoms with van der Waals surface area (Å²) in [7, 11) is 0. The maximum atomic E-state index is 13.8. The van der Waals surface area contributed by atoms with E-state index in [2.05, 4.69) is 10.6 Å². The molecular formula is C29H34N4O5. The molecule has 200 valence electrons. The molecule has 0 saturated carbocycles. The van der Waals surface area contributed by atoms with E-state index in [1.54, 1.807) is 34.1 Å². The summed E-state index contributed by atoms with van der Waals surface area (Å²) in [5, 5.41) is 15.6. The molecule has 3 N–H and O–H groups in total. The largest absolute Gasteiger partial charge is 0.508 e. The Hall–Kier alpha value is -3.88. The Balaban J connectivity index is 1.46. The number of benzene rings is 2. The Kier molecular flexibility index (Phi) is 7.62. The lowest BCUT2D eigenvalue weighted by molar-refractivity contribution is -0.147. The molecule has 0 radical (unpaired) electrons. The SMILES string of the molecule is O=C1CC(Cc2ccccc2)NC(=O)[C@@H]2CCCN2C(=O)[C@@H]2CCCN2C(=O)[C@H](Cc2ccc(O)cc2)N1. The Labute approximate surface area is 222 Å². The molecule has 3 fully saturated rings. The molecule has 3 heterocycles. The van der Waals surface area contributed by atoms with Crippen molar-refractivity contribution in [1.82, 2.24) is 20.4 Å². The molecule has 5 rings (SSSR count). The molecule has 0 bridgehead atoms. The number of hydrogen-bond acceptors (Lipinski definition) is 5. The summed E-state index contributed by atoms with van der Waals surface area (Å²) in [5.41, 5.74) is 1.76. The predicted octanol–water partition coefficient (Wildman–Crippen LogP) is 1.53. The van der Waals surface area contributed by atoms with Crippen molar-refractivity contribution in [3.8, 4) is 5.75 Å². The third-order valence-electron chi connectivity index (χ3n) is 7.77. The molecule has 0 spiro atoms. The number of rotatable bonds is 4. The summed E-state index contributed by atoms with van der Waals surface area (Å²) >= 11 is 0. The first-order valence-corrected chi connectivity index (χ1v) is 13.4. The van der Waals surface area contributed by atoms with Gasteiger partial charge in [0.1, 0.15) is 23.9 Å². The average Bonchev–Trinajstić information content (AvgIpc) is 3.59. The van der Waals surface area contributed by atoms with Crippen LogP contribution in [0.1, 0.15) is 43.2 Å². The highest BCUT2D eigenvalue weighted by atomic mass is 16.3. The molecular weight excluding hydrogens is 484 g/mol. The molecule has 3 aliphatic heterocycles. The van der Waals surface area contributed by atoms with Crippen molar-refractivity contribution in [3.05, 3.63) is 65.7 Å². The van der Waals surface area contributed by atoms with Gasteiger partial charge in [-0.3, -0.25) is 19.2 Å². The second-order valence-electron chi connectivity index (χ2n) is 10.5. The highest BCUT2D eigenvalue weighted by molar-refractivity contribution is 5.95. The number of amides is 4. The van der Waals surface area contributed by atoms with Gasteiger partial charge in [0.2, 0.25) is 23.6 Å². The lowest BCUT2D eigenvalue weighted by atomic mass is 10.0. The predicted molar refractivity (Wildman–Crippen MR) is 140 cm³/mol. The van der Waals surface area contributed by atoms with Gasteiger partial charge in [-0.2, -0.15) is 0 Å². The molecule has 1 unspecified atom stereocenters. The number of nitrogens with zero attached hydrogens (tertiary/aromatic N) is 2. The zero-order valence-corrected chi connectivity index (χ0v) is 21.3. The van der Waals surface area contributed by atoms with Crippen molar-refractivity contribution < 1.29 is 24.3 Å². The number of aromatic hydroxyl groups is 1. The van der Waals surface area contributed by atoms with Gasteiger partial charge in [-0.25, -0.2) is 0 Å². The van der Waals surface area contributed by atoms with E-state index in [9.17, 15) is 24.3 Å². The van der Waals surface area contributed by atoms with E-state index in [0.717, 1.165) is 17.5 Å².